The number of ether oxygens (including phenoxy) is 4. The van der Waals surface area contributed by atoms with E-state index in [9.17, 15) is 14.9 Å². The third-order valence-electron chi connectivity index (χ3n) is 4.00. The first-order valence-corrected chi connectivity index (χ1v) is 8.10. The van der Waals surface area contributed by atoms with E-state index in [1.54, 1.807) is 12.1 Å². The number of para-hydroxylation sites is 2. The Balaban J connectivity index is 1.73. The maximum Gasteiger partial charge on any atom is 0.286 e. The van der Waals surface area contributed by atoms with Crippen molar-refractivity contribution >= 4 is 11.6 Å². The van der Waals surface area contributed by atoms with E-state index in [4.69, 9.17) is 18.9 Å². The largest absolute Gasteiger partial charge is 0.493 e. The van der Waals surface area contributed by atoms with Gasteiger partial charge in [0.25, 0.3) is 11.6 Å². The van der Waals surface area contributed by atoms with Crippen molar-refractivity contribution in [2.45, 2.75) is 6.10 Å². The smallest absolute Gasteiger partial charge is 0.286 e. The number of hydrogen-bond donors (Lipinski definition) is 1. The van der Waals surface area contributed by atoms with Crippen LogP contribution in [-0.2, 0) is 0 Å². The fourth-order valence-electron chi connectivity index (χ4n) is 2.67. The van der Waals surface area contributed by atoms with Crippen LogP contribution in [0.3, 0.4) is 0 Å². The highest BCUT2D eigenvalue weighted by Crippen LogP contribution is 2.34. The fourth-order valence-corrected chi connectivity index (χ4v) is 2.67. The van der Waals surface area contributed by atoms with Gasteiger partial charge in [-0.25, -0.2) is 0 Å². The van der Waals surface area contributed by atoms with Crippen LogP contribution in [0.5, 0.6) is 23.0 Å². The Morgan fingerprint density at radius 3 is 2.56 bits per heavy atom. The zero-order valence-electron chi connectivity index (χ0n) is 14.8. The molecule has 0 aliphatic carbocycles. The molecule has 1 atom stereocenters. The summed E-state index contributed by atoms with van der Waals surface area (Å²) in [6.45, 7) is 0.379. The van der Waals surface area contributed by atoms with E-state index in [0.717, 1.165) is 6.07 Å². The van der Waals surface area contributed by atoms with Crippen LogP contribution < -0.4 is 24.3 Å². The molecule has 1 aliphatic heterocycles. The van der Waals surface area contributed by atoms with Gasteiger partial charge in [0.1, 0.15) is 18.3 Å². The van der Waals surface area contributed by atoms with Crippen LogP contribution in [0.15, 0.2) is 36.4 Å². The first-order valence-electron chi connectivity index (χ1n) is 8.10. The van der Waals surface area contributed by atoms with Gasteiger partial charge in [-0.05, 0) is 12.1 Å². The molecule has 1 heterocycles. The first kappa shape index (κ1) is 18.3. The second-order valence-corrected chi connectivity index (χ2v) is 5.69. The van der Waals surface area contributed by atoms with E-state index in [-0.39, 0.29) is 35.9 Å². The highest BCUT2D eigenvalue weighted by atomic mass is 16.6. The van der Waals surface area contributed by atoms with Crippen LogP contribution in [0.2, 0.25) is 0 Å². The van der Waals surface area contributed by atoms with E-state index in [0.29, 0.717) is 11.5 Å². The third kappa shape index (κ3) is 3.86. The Bertz CT molecular complexity index is 869. The van der Waals surface area contributed by atoms with E-state index in [2.05, 4.69) is 5.32 Å². The second kappa shape index (κ2) is 7.81. The van der Waals surface area contributed by atoms with Crippen molar-refractivity contribution in [2.75, 3.05) is 27.4 Å². The van der Waals surface area contributed by atoms with Crippen molar-refractivity contribution < 1.29 is 28.7 Å². The molecule has 1 N–H and O–H groups in total. The van der Waals surface area contributed by atoms with Gasteiger partial charge in [0.2, 0.25) is 0 Å². The Labute approximate surface area is 154 Å². The summed E-state index contributed by atoms with van der Waals surface area (Å²) in [5.74, 6) is 0.988. The summed E-state index contributed by atoms with van der Waals surface area (Å²) in [6, 6.07) is 9.64. The molecule has 1 amide bonds. The van der Waals surface area contributed by atoms with Gasteiger partial charge in [0, 0.05) is 6.07 Å². The van der Waals surface area contributed by atoms with Crippen molar-refractivity contribution in [3.05, 3.63) is 52.1 Å². The number of nitrogens with one attached hydrogen (secondary N) is 1. The number of nitro benzene ring substituents is 1. The Hall–Kier alpha value is -3.49. The summed E-state index contributed by atoms with van der Waals surface area (Å²) in [5.41, 5.74) is -0.508. The van der Waals surface area contributed by atoms with Crippen LogP contribution in [0, 0.1) is 10.1 Å². The van der Waals surface area contributed by atoms with E-state index < -0.39 is 16.9 Å². The van der Waals surface area contributed by atoms with Crippen LogP contribution in [0.1, 0.15) is 10.4 Å². The highest BCUT2D eigenvalue weighted by Gasteiger charge is 2.26. The molecule has 1 aliphatic rings. The third-order valence-corrected chi connectivity index (χ3v) is 4.00. The fraction of sp³-hybridized carbons (Fsp3) is 0.278. The number of benzene rings is 2. The van der Waals surface area contributed by atoms with Crippen molar-refractivity contribution in [3.8, 4) is 23.0 Å². The minimum Gasteiger partial charge on any atom is -0.493 e. The van der Waals surface area contributed by atoms with Crippen molar-refractivity contribution in [3.63, 3.8) is 0 Å². The SMILES string of the molecule is COc1cc(C(=O)NCC2COc3ccccc3O2)c([N+](=O)[O-])cc1OC. The molecule has 0 saturated heterocycles. The predicted octanol–water partition coefficient (Wildman–Crippen LogP) is 2.18. The van der Waals surface area contributed by atoms with Gasteiger partial charge < -0.3 is 24.3 Å². The number of rotatable bonds is 6. The Morgan fingerprint density at radius 2 is 1.89 bits per heavy atom. The normalized spacial score (nSPS) is 15.0. The summed E-state index contributed by atoms with van der Waals surface area (Å²) in [6.07, 6.45) is -0.414. The summed E-state index contributed by atoms with van der Waals surface area (Å²) in [7, 11) is 2.75. The molecule has 9 heteroatoms. The molecule has 2 aromatic rings. The standard InChI is InChI=1S/C18H18N2O7/c1-24-16-7-12(13(20(22)23)8-17(16)25-2)18(21)19-9-11-10-26-14-5-3-4-6-15(14)27-11/h3-8,11H,9-10H2,1-2H3,(H,19,21). The number of carbonyl (C=O) groups excluding carboxylic acids is 1. The number of fused-ring (bicyclic) bond motifs is 1. The predicted molar refractivity (Wildman–Crippen MR) is 94.9 cm³/mol. The van der Waals surface area contributed by atoms with Crippen molar-refractivity contribution in [1.82, 2.24) is 5.32 Å². The maximum atomic E-state index is 12.5. The number of methoxy groups -OCH3 is 2. The number of nitrogens with zero attached hydrogens (tertiary/aromatic N) is 1. The van der Waals surface area contributed by atoms with Gasteiger partial charge in [-0.2, -0.15) is 0 Å². The topological polar surface area (TPSA) is 109 Å². The van der Waals surface area contributed by atoms with Gasteiger partial charge >= 0.3 is 0 Å². The van der Waals surface area contributed by atoms with Gasteiger partial charge in [0.05, 0.1) is 31.8 Å². The van der Waals surface area contributed by atoms with E-state index in [1.165, 1.54) is 20.3 Å². The van der Waals surface area contributed by atoms with Gasteiger partial charge in [-0.15, -0.1) is 0 Å². The molecular weight excluding hydrogens is 356 g/mol. The summed E-state index contributed by atoms with van der Waals surface area (Å²) >= 11 is 0. The average Bonchev–Trinajstić information content (AvgIpc) is 2.70. The number of hydrogen-bond acceptors (Lipinski definition) is 7. The molecule has 0 spiro atoms. The lowest BCUT2D eigenvalue weighted by molar-refractivity contribution is -0.385. The van der Waals surface area contributed by atoms with Crippen LogP contribution in [0.25, 0.3) is 0 Å². The number of amides is 1. The molecule has 0 radical (unpaired) electrons. The molecule has 27 heavy (non-hydrogen) atoms. The van der Waals surface area contributed by atoms with Gasteiger partial charge in [0.15, 0.2) is 23.0 Å². The summed E-state index contributed by atoms with van der Waals surface area (Å²) in [4.78, 5) is 23.2. The number of nitro groups is 1. The summed E-state index contributed by atoms with van der Waals surface area (Å²) < 4.78 is 21.5. The first-order chi connectivity index (χ1) is 13.0. The Morgan fingerprint density at radius 1 is 1.22 bits per heavy atom. The second-order valence-electron chi connectivity index (χ2n) is 5.69. The van der Waals surface area contributed by atoms with Gasteiger partial charge in [-0.1, -0.05) is 12.1 Å². The Kier molecular flexibility index (Phi) is 5.30. The zero-order chi connectivity index (χ0) is 19.4. The molecule has 9 nitrogen and oxygen atoms in total. The monoisotopic (exact) mass is 374 g/mol. The van der Waals surface area contributed by atoms with E-state index >= 15 is 0 Å². The minimum atomic E-state index is -0.645. The van der Waals surface area contributed by atoms with Crippen LogP contribution in [0.4, 0.5) is 5.69 Å². The highest BCUT2D eigenvalue weighted by molar-refractivity contribution is 5.99. The molecule has 0 aromatic heterocycles. The lowest BCUT2D eigenvalue weighted by atomic mass is 10.1. The quantitative estimate of drug-likeness (QED) is 0.610. The molecule has 0 bridgehead atoms. The molecule has 2 aromatic carbocycles. The lowest BCUT2D eigenvalue weighted by Gasteiger charge is -2.26. The average molecular weight is 374 g/mol. The maximum absolute atomic E-state index is 12.5. The van der Waals surface area contributed by atoms with Crippen LogP contribution >= 0.6 is 0 Å². The van der Waals surface area contributed by atoms with Crippen LogP contribution in [-0.4, -0.2) is 44.3 Å². The molecular formula is C18H18N2O7. The summed E-state index contributed by atoms with van der Waals surface area (Å²) in [5, 5.41) is 14.0. The molecule has 0 fully saturated rings. The lowest BCUT2D eigenvalue weighted by Crippen LogP contribution is -2.40. The molecule has 142 valence electrons. The van der Waals surface area contributed by atoms with Gasteiger partial charge in [-0.3, -0.25) is 14.9 Å². The zero-order valence-corrected chi connectivity index (χ0v) is 14.8. The molecule has 3 rings (SSSR count). The molecule has 0 saturated carbocycles. The van der Waals surface area contributed by atoms with Crippen molar-refractivity contribution in [2.24, 2.45) is 0 Å². The number of carbonyl (C=O) groups is 1. The van der Waals surface area contributed by atoms with Crippen molar-refractivity contribution in [1.29, 1.82) is 0 Å². The van der Waals surface area contributed by atoms with E-state index in [1.807, 2.05) is 12.1 Å². The minimum absolute atomic E-state index is 0.124. The molecule has 1 unspecified atom stereocenters.